The molecular weight excluding hydrogens is 240 g/mol. The van der Waals surface area contributed by atoms with Crippen LogP contribution in [0, 0.1) is 11.3 Å². The van der Waals surface area contributed by atoms with Crippen molar-refractivity contribution >= 4 is 15.9 Å². The van der Waals surface area contributed by atoms with E-state index in [1.807, 2.05) is 0 Å². The first-order chi connectivity index (χ1) is 6.76. The van der Waals surface area contributed by atoms with Gasteiger partial charge in [-0.3, -0.25) is 0 Å². The number of alkyl halides is 1. The normalized spacial score (nSPS) is 17.4. The van der Waals surface area contributed by atoms with Crippen LogP contribution in [0.15, 0.2) is 0 Å². The van der Waals surface area contributed by atoms with Crippen LogP contribution in [0.5, 0.6) is 0 Å². The summed E-state index contributed by atoms with van der Waals surface area (Å²) < 4.78 is 5.79. The van der Waals surface area contributed by atoms with Gasteiger partial charge in [-0.25, -0.2) is 0 Å². The fourth-order valence-corrected chi connectivity index (χ4v) is 2.58. The first-order valence-corrected chi connectivity index (χ1v) is 7.02. The molecule has 1 aliphatic carbocycles. The summed E-state index contributed by atoms with van der Waals surface area (Å²) >= 11 is 3.61. The molecule has 0 aromatic rings. The van der Waals surface area contributed by atoms with Crippen LogP contribution in [-0.2, 0) is 4.74 Å². The van der Waals surface area contributed by atoms with Gasteiger partial charge in [-0.05, 0) is 25.2 Å². The highest BCUT2D eigenvalue weighted by molar-refractivity contribution is 9.09. The number of rotatable bonds is 8. The molecule has 84 valence electrons. The molecule has 0 atom stereocenters. The van der Waals surface area contributed by atoms with E-state index in [1.54, 1.807) is 0 Å². The third-order valence-corrected chi connectivity index (χ3v) is 4.75. The fourth-order valence-electron chi connectivity index (χ4n) is 1.63. The summed E-state index contributed by atoms with van der Waals surface area (Å²) in [5, 5.41) is 1.07. The molecule has 0 amide bonds. The molecule has 1 aliphatic rings. The van der Waals surface area contributed by atoms with Crippen molar-refractivity contribution in [3.63, 3.8) is 0 Å². The molecule has 1 rings (SSSR count). The average Bonchev–Trinajstić information content (AvgIpc) is 3.03. The summed E-state index contributed by atoms with van der Waals surface area (Å²) in [5.74, 6) is 0.997. The van der Waals surface area contributed by atoms with Crippen LogP contribution >= 0.6 is 15.9 Å². The maximum absolute atomic E-state index is 5.79. The number of ether oxygens (including phenoxy) is 1. The lowest BCUT2D eigenvalue weighted by molar-refractivity contribution is 0.0484. The Morgan fingerprint density at radius 3 is 2.36 bits per heavy atom. The molecule has 14 heavy (non-hydrogen) atoms. The van der Waals surface area contributed by atoms with Crippen molar-refractivity contribution in [3.8, 4) is 0 Å². The predicted molar refractivity (Wildman–Crippen MR) is 65.0 cm³/mol. The van der Waals surface area contributed by atoms with Gasteiger partial charge in [0.05, 0.1) is 6.61 Å². The SMILES string of the molecule is CCC(CC)(CBr)COCCC1CC1. The summed E-state index contributed by atoms with van der Waals surface area (Å²) in [5.41, 5.74) is 0.379. The van der Waals surface area contributed by atoms with E-state index in [2.05, 4.69) is 29.8 Å². The molecule has 0 aliphatic heterocycles. The molecule has 0 unspecified atom stereocenters. The molecular formula is C12H23BrO. The van der Waals surface area contributed by atoms with Gasteiger partial charge in [0, 0.05) is 17.4 Å². The Morgan fingerprint density at radius 2 is 1.93 bits per heavy atom. The maximum Gasteiger partial charge on any atom is 0.0530 e. The van der Waals surface area contributed by atoms with Gasteiger partial charge in [0.15, 0.2) is 0 Å². The zero-order valence-corrected chi connectivity index (χ0v) is 11.1. The van der Waals surface area contributed by atoms with E-state index >= 15 is 0 Å². The van der Waals surface area contributed by atoms with E-state index in [9.17, 15) is 0 Å². The van der Waals surface area contributed by atoms with Crippen molar-refractivity contribution in [3.05, 3.63) is 0 Å². The summed E-state index contributed by atoms with van der Waals surface area (Å²) in [4.78, 5) is 0. The molecule has 2 heteroatoms. The van der Waals surface area contributed by atoms with Gasteiger partial charge >= 0.3 is 0 Å². The predicted octanol–water partition coefficient (Wildman–Crippen LogP) is 4.00. The van der Waals surface area contributed by atoms with Crippen LogP contribution in [-0.4, -0.2) is 18.5 Å². The van der Waals surface area contributed by atoms with Crippen LogP contribution in [0.25, 0.3) is 0 Å². The molecule has 0 N–H and O–H groups in total. The Hall–Kier alpha value is 0.440. The summed E-state index contributed by atoms with van der Waals surface area (Å²) in [6.45, 7) is 6.42. The van der Waals surface area contributed by atoms with Crippen molar-refractivity contribution < 1.29 is 4.74 Å². The molecule has 0 aromatic carbocycles. The first kappa shape index (κ1) is 12.5. The Bertz CT molecular complexity index is 142. The molecule has 1 saturated carbocycles. The fraction of sp³-hybridized carbons (Fsp3) is 1.00. The molecule has 0 heterocycles. The van der Waals surface area contributed by atoms with Gasteiger partial charge < -0.3 is 4.74 Å². The highest BCUT2D eigenvalue weighted by atomic mass is 79.9. The van der Waals surface area contributed by atoms with Crippen molar-refractivity contribution in [2.24, 2.45) is 11.3 Å². The van der Waals surface area contributed by atoms with Gasteiger partial charge in [0.2, 0.25) is 0 Å². The number of halogens is 1. The first-order valence-electron chi connectivity index (χ1n) is 5.90. The highest BCUT2D eigenvalue weighted by Gasteiger charge is 2.26. The summed E-state index contributed by atoms with van der Waals surface area (Å²) in [6, 6.07) is 0. The van der Waals surface area contributed by atoms with E-state index < -0.39 is 0 Å². The summed E-state index contributed by atoms with van der Waals surface area (Å²) in [6.07, 6.45) is 6.57. The molecule has 0 saturated heterocycles. The van der Waals surface area contributed by atoms with Crippen molar-refractivity contribution in [2.75, 3.05) is 18.5 Å². The molecule has 1 nitrogen and oxygen atoms in total. The lowest BCUT2D eigenvalue weighted by Gasteiger charge is -2.29. The Labute approximate surface area is 96.7 Å². The topological polar surface area (TPSA) is 9.23 Å². The van der Waals surface area contributed by atoms with E-state index in [0.29, 0.717) is 5.41 Å². The molecule has 0 spiro atoms. The Morgan fingerprint density at radius 1 is 1.29 bits per heavy atom. The van der Waals surface area contributed by atoms with E-state index in [0.717, 1.165) is 24.5 Å². The standard InChI is InChI=1S/C12H23BrO/c1-3-12(4-2,9-13)10-14-8-7-11-5-6-11/h11H,3-10H2,1-2H3. The smallest absolute Gasteiger partial charge is 0.0530 e. The lowest BCUT2D eigenvalue weighted by Crippen LogP contribution is -2.27. The van der Waals surface area contributed by atoms with Gasteiger partial charge in [0.1, 0.15) is 0 Å². The highest BCUT2D eigenvalue weighted by Crippen LogP contribution is 2.33. The Balaban J connectivity index is 2.11. The molecule has 0 bridgehead atoms. The van der Waals surface area contributed by atoms with Gasteiger partial charge in [-0.2, -0.15) is 0 Å². The van der Waals surface area contributed by atoms with Crippen LogP contribution < -0.4 is 0 Å². The van der Waals surface area contributed by atoms with Crippen LogP contribution in [0.1, 0.15) is 46.0 Å². The Kier molecular flexibility index (Phi) is 5.47. The lowest BCUT2D eigenvalue weighted by atomic mass is 9.86. The quantitative estimate of drug-likeness (QED) is 0.475. The zero-order chi connectivity index (χ0) is 10.4. The van der Waals surface area contributed by atoms with Crippen molar-refractivity contribution in [1.29, 1.82) is 0 Å². The zero-order valence-electron chi connectivity index (χ0n) is 9.52. The minimum Gasteiger partial charge on any atom is -0.381 e. The minimum absolute atomic E-state index is 0.379. The van der Waals surface area contributed by atoms with E-state index in [4.69, 9.17) is 4.74 Å². The van der Waals surface area contributed by atoms with Crippen LogP contribution in [0.2, 0.25) is 0 Å². The molecule has 1 fully saturated rings. The van der Waals surface area contributed by atoms with Crippen LogP contribution in [0.3, 0.4) is 0 Å². The van der Waals surface area contributed by atoms with Gasteiger partial charge in [0.25, 0.3) is 0 Å². The number of hydrogen-bond acceptors (Lipinski definition) is 1. The molecule has 0 aromatic heterocycles. The summed E-state index contributed by atoms with van der Waals surface area (Å²) in [7, 11) is 0. The van der Waals surface area contributed by atoms with Gasteiger partial charge in [-0.1, -0.05) is 42.6 Å². The van der Waals surface area contributed by atoms with Crippen molar-refractivity contribution in [1.82, 2.24) is 0 Å². The maximum atomic E-state index is 5.79. The monoisotopic (exact) mass is 262 g/mol. The van der Waals surface area contributed by atoms with Crippen molar-refractivity contribution in [2.45, 2.75) is 46.0 Å². The van der Waals surface area contributed by atoms with Gasteiger partial charge in [-0.15, -0.1) is 0 Å². The number of hydrogen-bond donors (Lipinski definition) is 0. The second kappa shape index (κ2) is 6.12. The van der Waals surface area contributed by atoms with E-state index in [1.165, 1.54) is 32.1 Å². The third-order valence-electron chi connectivity index (χ3n) is 3.56. The minimum atomic E-state index is 0.379. The van der Waals surface area contributed by atoms with Crippen LogP contribution in [0.4, 0.5) is 0 Å². The second-order valence-electron chi connectivity index (χ2n) is 4.63. The van der Waals surface area contributed by atoms with E-state index in [-0.39, 0.29) is 0 Å². The molecule has 0 radical (unpaired) electrons. The largest absolute Gasteiger partial charge is 0.381 e. The average molecular weight is 263 g/mol. The second-order valence-corrected chi connectivity index (χ2v) is 5.19. The third kappa shape index (κ3) is 3.90.